The Morgan fingerprint density at radius 2 is 2.29 bits per heavy atom. The number of aldehydes is 1. The van der Waals surface area contributed by atoms with E-state index in [1.807, 2.05) is 32.0 Å². The van der Waals surface area contributed by atoms with Crippen LogP contribution in [-0.4, -0.2) is 12.9 Å². The van der Waals surface area contributed by atoms with E-state index in [9.17, 15) is 4.79 Å². The highest BCUT2D eigenvalue weighted by Crippen LogP contribution is 2.28. The SMILES string of the molecule is CCOc1cc(C(C)C=O)ccc1Br. The molecule has 3 heteroatoms. The third-order valence-electron chi connectivity index (χ3n) is 1.99. The smallest absolute Gasteiger partial charge is 0.133 e. The Labute approximate surface area is 92.4 Å². The first kappa shape index (κ1) is 11.2. The minimum absolute atomic E-state index is 0.0812. The normalized spacial score (nSPS) is 12.2. The van der Waals surface area contributed by atoms with Crippen LogP contribution in [0.15, 0.2) is 22.7 Å². The molecule has 1 atom stereocenters. The van der Waals surface area contributed by atoms with Gasteiger partial charge in [-0.2, -0.15) is 0 Å². The molecule has 1 aromatic rings. The van der Waals surface area contributed by atoms with Crippen LogP contribution in [0.4, 0.5) is 0 Å². The van der Waals surface area contributed by atoms with Gasteiger partial charge in [0.25, 0.3) is 0 Å². The van der Waals surface area contributed by atoms with Gasteiger partial charge in [0, 0.05) is 5.92 Å². The molecule has 0 aromatic heterocycles. The van der Waals surface area contributed by atoms with E-state index in [2.05, 4.69) is 15.9 Å². The van der Waals surface area contributed by atoms with E-state index >= 15 is 0 Å². The molecule has 0 N–H and O–H groups in total. The molecule has 14 heavy (non-hydrogen) atoms. The maximum atomic E-state index is 10.6. The van der Waals surface area contributed by atoms with Crippen molar-refractivity contribution in [3.05, 3.63) is 28.2 Å². The van der Waals surface area contributed by atoms with Gasteiger partial charge in [-0.25, -0.2) is 0 Å². The van der Waals surface area contributed by atoms with Crippen LogP contribution in [0, 0.1) is 0 Å². The molecule has 0 aliphatic carbocycles. The predicted molar refractivity (Wildman–Crippen MR) is 59.8 cm³/mol. The Balaban J connectivity index is 2.99. The van der Waals surface area contributed by atoms with Crippen LogP contribution in [0.25, 0.3) is 0 Å². The number of ether oxygens (including phenoxy) is 1. The molecule has 0 heterocycles. The van der Waals surface area contributed by atoms with E-state index in [4.69, 9.17) is 4.74 Å². The lowest BCUT2D eigenvalue weighted by atomic mass is 10.0. The minimum Gasteiger partial charge on any atom is -0.493 e. The molecule has 0 bridgehead atoms. The minimum atomic E-state index is -0.0812. The number of halogens is 1. The van der Waals surface area contributed by atoms with Crippen molar-refractivity contribution < 1.29 is 9.53 Å². The summed E-state index contributed by atoms with van der Waals surface area (Å²) < 4.78 is 6.33. The van der Waals surface area contributed by atoms with Gasteiger partial charge in [-0.3, -0.25) is 0 Å². The van der Waals surface area contributed by atoms with E-state index in [1.54, 1.807) is 0 Å². The van der Waals surface area contributed by atoms with Crippen molar-refractivity contribution in [2.24, 2.45) is 0 Å². The highest BCUT2D eigenvalue weighted by Gasteiger charge is 2.07. The maximum absolute atomic E-state index is 10.6. The Kier molecular flexibility index (Phi) is 4.14. The van der Waals surface area contributed by atoms with Gasteiger partial charge in [0.1, 0.15) is 12.0 Å². The fourth-order valence-electron chi connectivity index (χ4n) is 1.15. The van der Waals surface area contributed by atoms with E-state index in [1.165, 1.54) is 0 Å². The second kappa shape index (κ2) is 5.15. The number of benzene rings is 1. The molecule has 0 spiro atoms. The molecule has 2 nitrogen and oxygen atoms in total. The van der Waals surface area contributed by atoms with Gasteiger partial charge in [-0.05, 0) is 40.5 Å². The molecule has 0 amide bonds. The molecule has 0 saturated carbocycles. The maximum Gasteiger partial charge on any atom is 0.133 e. The zero-order valence-corrected chi connectivity index (χ0v) is 9.87. The number of hydrogen-bond donors (Lipinski definition) is 0. The largest absolute Gasteiger partial charge is 0.493 e. The van der Waals surface area contributed by atoms with E-state index in [-0.39, 0.29) is 5.92 Å². The summed E-state index contributed by atoms with van der Waals surface area (Å²) in [4.78, 5) is 10.6. The molecule has 0 aliphatic heterocycles. The Hall–Kier alpha value is -0.830. The third-order valence-corrected chi connectivity index (χ3v) is 2.64. The number of rotatable bonds is 4. The van der Waals surface area contributed by atoms with Crippen molar-refractivity contribution >= 4 is 22.2 Å². The van der Waals surface area contributed by atoms with Gasteiger partial charge in [-0.1, -0.05) is 13.0 Å². The van der Waals surface area contributed by atoms with Crippen molar-refractivity contribution in [1.82, 2.24) is 0 Å². The zero-order chi connectivity index (χ0) is 10.6. The summed E-state index contributed by atoms with van der Waals surface area (Å²) in [5.74, 6) is 0.709. The first-order valence-electron chi connectivity index (χ1n) is 4.56. The molecular formula is C11H13BrO2. The zero-order valence-electron chi connectivity index (χ0n) is 8.29. The first-order chi connectivity index (χ1) is 6.69. The number of carbonyl (C=O) groups excluding carboxylic acids is 1. The first-order valence-corrected chi connectivity index (χ1v) is 5.35. The lowest BCUT2D eigenvalue weighted by molar-refractivity contribution is -0.108. The summed E-state index contributed by atoms with van der Waals surface area (Å²) in [5, 5.41) is 0. The van der Waals surface area contributed by atoms with Gasteiger partial charge >= 0.3 is 0 Å². The van der Waals surface area contributed by atoms with Crippen LogP contribution >= 0.6 is 15.9 Å². The number of hydrogen-bond acceptors (Lipinski definition) is 2. The standard InChI is InChI=1S/C11H13BrO2/c1-3-14-11-6-9(8(2)7-13)4-5-10(11)12/h4-8H,3H2,1-2H3. The Bertz CT molecular complexity index is 323. The lowest BCUT2D eigenvalue weighted by Gasteiger charge is -2.09. The van der Waals surface area contributed by atoms with Gasteiger partial charge < -0.3 is 9.53 Å². The van der Waals surface area contributed by atoms with Crippen LogP contribution in [-0.2, 0) is 4.79 Å². The molecule has 76 valence electrons. The van der Waals surface area contributed by atoms with Crippen LogP contribution in [0.5, 0.6) is 5.75 Å². The van der Waals surface area contributed by atoms with E-state index in [0.29, 0.717) is 6.61 Å². The second-order valence-electron chi connectivity index (χ2n) is 3.05. The topological polar surface area (TPSA) is 26.3 Å². The highest BCUT2D eigenvalue weighted by molar-refractivity contribution is 9.10. The fraction of sp³-hybridized carbons (Fsp3) is 0.364. The van der Waals surface area contributed by atoms with Crippen molar-refractivity contribution in [1.29, 1.82) is 0 Å². The third kappa shape index (κ3) is 2.58. The molecule has 0 fully saturated rings. The average Bonchev–Trinajstić information content (AvgIpc) is 2.20. The number of carbonyl (C=O) groups is 1. The van der Waals surface area contributed by atoms with E-state index in [0.717, 1.165) is 22.1 Å². The quantitative estimate of drug-likeness (QED) is 0.774. The van der Waals surface area contributed by atoms with Crippen LogP contribution < -0.4 is 4.74 Å². The Morgan fingerprint density at radius 1 is 1.57 bits per heavy atom. The second-order valence-corrected chi connectivity index (χ2v) is 3.90. The van der Waals surface area contributed by atoms with Gasteiger partial charge in [0.2, 0.25) is 0 Å². The summed E-state index contributed by atoms with van der Waals surface area (Å²) in [7, 11) is 0. The summed E-state index contributed by atoms with van der Waals surface area (Å²) in [5.41, 5.74) is 0.978. The monoisotopic (exact) mass is 256 g/mol. The molecule has 0 aliphatic rings. The lowest BCUT2D eigenvalue weighted by Crippen LogP contribution is -1.97. The molecule has 0 saturated heterocycles. The van der Waals surface area contributed by atoms with E-state index < -0.39 is 0 Å². The van der Waals surface area contributed by atoms with Crippen LogP contribution in [0.2, 0.25) is 0 Å². The average molecular weight is 257 g/mol. The molecule has 1 rings (SSSR count). The summed E-state index contributed by atoms with van der Waals surface area (Å²) in [6, 6.07) is 5.72. The molecule has 1 aromatic carbocycles. The molecule has 1 unspecified atom stereocenters. The summed E-state index contributed by atoms with van der Waals surface area (Å²) in [6.07, 6.45) is 0.930. The molecular weight excluding hydrogens is 244 g/mol. The van der Waals surface area contributed by atoms with Crippen molar-refractivity contribution in [2.75, 3.05) is 6.61 Å². The van der Waals surface area contributed by atoms with Crippen LogP contribution in [0.3, 0.4) is 0 Å². The fourth-order valence-corrected chi connectivity index (χ4v) is 1.51. The van der Waals surface area contributed by atoms with Crippen molar-refractivity contribution in [2.45, 2.75) is 19.8 Å². The van der Waals surface area contributed by atoms with Crippen molar-refractivity contribution in [3.63, 3.8) is 0 Å². The van der Waals surface area contributed by atoms with Crippen molar-refractivity contribution in [3.8, 4) is 5.75 Å². The molecule has 0 radical (unpaired) electrons. The Morgan fingerprint density at radius 3 is 2.86 bits per heavy atom. The van der Waals surface area contributed by atoms with Gasteiger partial charge in [-0.15, -0.1) is 0 Å². The predicted octanol–water partition coefficient (Wildman–Crippen LogP) is 3.15. The summed E-state index contributed by atoms with van der Waals surface area (Å²) >= 11 is 3.39. The van der Waals surface area contributed by atoms with Gasteiger partial charge in [0.15, 0.2) is 0 Å². The highest BCUT2D eigenvalue weighted by atomic mass is 79.9. The van der Waals surface area contributed by atoms with Crippen LogP contribution in [0.1, 0.15) is 25.3 Å². The van der Waals surface area contributed by atoms with Gasteiger partial charge in [0.05, 0.1) is 11.1 Å². The summed E-state index contributed by atoms with van der Waals surface area (Å²) in [6.45, 7) is 4.42.